The largest absolute Gasteiger partial charge is 0.497 e. The molecule has 2 N–H and O–H groups in total. The Balaban J connectivity index is 2.27. The third-order valence-electron chi connectivity index (χ3n) is 3.69. The molecule has 0 unspecified atom stereocenters. The van der Waals surface area contributed by atoms with Crippen molar-refractivity contribution in [2.45, 2.75) is 19.8 Å². The average Bonchev–Trinajstić information content (AvgIpc) is 3.14. The highest BCUT2D eigenvalue weighted by Crippen LogP contribution is 2.25. The average molecular weight is 347 g/mol. The van der Waals surface area contributed by atoms with E-state index in [1.165, 1.54) is 11.2 Å². The molecule has 0 atom stereocenters. The van der Waals surface area contributed by atoms with E-state index in [2.05, 4.69) is 5.16 Å². The van der Waals surface area contributed by atoms with Gasteiger partial charge < -0.3 is 14.2 Å². The Morgan fingerprint density at radius 3 is 2.64 bits per heavy atom. The van der Waals surface area contributed by atoms with Gasteiger partial charge in [-0.05, 0) is 30.7 Å². The summed E-state index contributed by atoms with van der Waals surface area (Å²) in [7, 11) is 1.57. The van der Waals surface area contributed by atoms with Gasteiger partial charge in [0.05, 0.1) is 7.11 Å². The lowest BCUT2D eigenvalue weighted by Gasteiger charge is -2.21. The fourth-order valence-corrected chi connectivity index (χ4v) is 2.33. The molecule has 0 saturated carbocycles. The Kier molecular flexibility index (Phi) is 6.53. The van der Waals surface area contributed by atoms with Gasteiger partial charge in [-0.2, -0.15) is 0 Å². The predicted molar refractivity (Wildman–Crippen MR) is 89.2 cm³/mol. The van der Waals surface area contributed by atoms with Crippen molar-refractivity contribution in [1.82, 2.24) is 15.5 Å². The van der Waals surface area contributed by atoms with Crippen molar-refractivity contribution in [1.29, 1.82) is 0 Å². The summed E-state index contributed by atoms with van der Waals surface area (Å²) < 4.78 is 10.1. The van der Waals surface area contributed by atoms with Gasteiger partial charge in [0.2, 0.25) is 0 Å². The number of aromatic nitrogens is 1. The summed E-state index contributed by atoms with van der Waals surface area (Å²) >= 11 is 0. The van der Waals surface area contributed by atoms with E-state index in [-0.39, 0.29) is 18.0 Å². The van der Waals surface area contributed by atoms with Crippen molar-refractivity contribution in [3.63, 3.8) is 0 Å². The molecule has 0 spiro atoms. The van der Waals surface area contributed by atoms with Gasteiger partial charge in [-0.1, -0.05) is 18.5 Å². The van der Waals surface area contributed by atoms with Crippen LogP contribution in [0.25, 0.3) is 11.3 Å². The summed E-state index contributed by atoms with van der Waals surface area (Å²) in [5, 5.41) is 12.6. The monoisotopic (exact) mass is 347 g/mol. The summed E-state index contributed by atoms with van der Waals surface area (Å²) in [6.45, 7) is 2.12. The molecule has 2 rings (SSSR count). The number of hydroxylamine groups is 1. The van der Waals surface area contributed by atoms with E-state index >= 15 is 0 Å². The minimum absolute atomic E-state index is 0.247. The maximum Gasteiger partial charge on any atom is 0.262 e. The van der Waals surface area contributed by atoms with Crippen LogP contribution in [0.4, 0.5) is 0 Å². The molecular formula is C17H21N3O5. The van der Waals surface area contributed by atoms with E-state index in [1.807, 2.05) is 6.92 Å². The highest BCUT2D eigenvalue weighted by Gasteiger charge is 2.24. The van der Waals surface area contributed by atoms with Crippen LogP contribution in [-0.4, -0.2) is 47.3 Å². The first-order chi connectivity index (χ1) is 12.1. The standard InChI is InChI=1S/C17H21N3O5/c1-3-4-9-20(10-15(21)18-23)17(22)14-11-25-19-16(14)12-5-7-13(24-2)8-6-12/h5-8,11,23H,3-4,9-10H2,1-2H3,(H,18,21). The highest BCUT2D eigenvalue weighted by atomic mass is 16.5. The minimum Gasteiger partial charge on any atom is -0.497 e. The Hall–Kier alpha value is -2.87. The first-order valence-corrected chi connectivity index (χ1v) is 7.91. The van der Waals surface area contributed by atoms with Gasteiger partial charge in [0, 0.05) is 12.1 Å². The van der Waals surface area contributed by atoms with E-state index in [0.29, 0.717) is 23.6 Å². The molecule has 0 saturated heterocycles. The van der Waals surface area contributed by atoms with E-state index in [9.17, 15) is 9.59 Å². The van der Waals surface area contributed by atoms with Gasteiger partial charge >= 0.3 is 0 Å². The Labute approximate surface area is 145 Å². The molecule has 0 fully saturated rings. The van der Waals surface area contributed by atoms with Crippen LogP contribution >= 0.6 is 0 Å². The summed E-state index contributed by atoms with van der Waals surface area (Å²) in [5.41, 5.74) is 2.88. The van der Waals surface area contributed by atoms with Crippen LogP contribution in [0.3, 0.4) is 0 Å². The summed E-state index contributed by atoms with van der Waals surface area (Å²) in [6.07, 6.45) is 2.85. The number of hydrogen-bond acceptors (Lipinski definition) is 6. The van der Waals surface area contributed by atoms with Crippen molar-refractivity contribution in [2.24, 2.45) is 0 Å². The van der Waals surface area contributed by atoms with Gasteiger partial charge in [-0.3, -0.25) is 14.8 Å². The van der Waals surface area contributed by atoms with E-state index in [0.717, 1.165) is 12.8 Å². The van der Waals surface area contributed by atoms with Gasteiger partial charge in [0.15, 0.2) is 0 Å². The zero-order valence-electron chi connectivity index (χ0n) is 14.2. The molecule has 0 aliphatic carbocycles. The van der Waals surface area contributed by atoms with E-state index in [1.54, 1.807) is 36.9 Å². The van der Waals surface area contributed by atoms with Crippen LogP contribution in [0.5, 0.6) is 5.75 Å². The Morgan fingerprint density at radius 2 is 2.04 bits per heavy atom. The maximum absolute atomic E-state index is 12.8. The second kappa shape index (κ2) is 8.84. The Bertz CT molecular complexity index is 711. The third-order valence-corrected chi connectivity index (χ3v) is 3.69. The number of carbonyl (C=O) groups is 2. The fraction of sp³-hybridized carbons (Fsp3) is 0.353. The number of carbonyl (C=O) groups excluding carboxylic acids is 2. The molecule has 1 heterocycles. The van der Waals surface area contributed by atoms with Crippen LogP contribution in [0, 0.1) is 0 Å². The zero-order chi connectivity index (χ0) is 18.2. The molecule has 8 nitrogen and oxygen atoms in total. The summed E-state index contributed by atoms with van der Waals surface area (Å²) in [5.74, 6) is -0.361. The zero-order valence-corrected chi connectivity index (χ0v) is 14.2. The highest BCUT2D eigenvalue weighted by molar-refractivity contribution is 6.01. The molecule has 2 amide bonds. The normalized spacial score (nSPS) is 10.4. The van der Waals surface area contributed by atoms with Gasteiger partial charge in [0.25, 0.3) is 11.8 Å². The van der Waals surface area contributed by atoms with Gasteiger partial charge in [-0.15, -0.1) is 0 Å². The second-order valence-corrected chi connectivity index (χ2v) is 5.42. The first kappa shape index (κ1) is 18.5. The predicted octanol–water partition coefficient (Wildman–Crippen LogP) is 2.10. The van der Waals surface area contributed by atoms with Crippen LogP contribution in [-0.2, 0) is 4.79 Å². The molecule has 0 aliphatic rings. The molecule has 8 heteroatoms. The molecule has 0 aliphatic heterocycles. The lowest BCUT2D eigenvalue weighted by molar-refractivity contribution is -0.129. The van der Waals surface area contributed by atoms with E-state index in [4.69, 9.17) is 14.5 Å². The number of nitrogens with one attached hydrogen (secondary N) is 1. The number of ether oxygens (including phenoxy) is 1. The van der Waals surface area contributed by atoms with E-state index < -0.39 is 5.91 Å². The third kappa shape index (κ3) is 4.57. The Morgan fingerprint density at radius 1 is 1.32 bits per heavy atom. The van der Waals surface area contributed by atoms with Crippen molar-refractivity contribution >= 4 is 11.8 Å². The lowest BCUT2D eigenvalue weighted by atomic mass is 10.1. The van der Waals surface area contributed by atoms with Crippen molar-refractivity contribution < 1.29 is 24.1 Å². The quantitative estimate of drug-likeness (QED) is 0.560. The van der Waals surface area contributed by atoms with Crippen LogP contribution < -0.4 is 10.2 Å². The number of amides is 2. The van der Waals surface area contributed by atoms with Crippen molar-refractivity contribution in [2.75, 3.05) is 20.2 Å². The topological polar surface area (TPSA) is 105 Å². The van der Waals surface area contributed by atoms with Gasteiger partial charge in [0.1, 0.15) is 29.8 Å². The number of hydrogen-bond donors (Lipinski definition) is 2. The number of rotatable bonds is 8. The molecule has 0 radical (unpaired) electrons. The maximum atomic E-state index is 12.8. The molecule has 134 valence electrons. The number of nitrogens with zero attached hydrogens (tertiary/aromatic N) is 2. The SMILES string of the molecule is CCCCN(CC(=O)NO)C(=O)c1conc1-c1ccc(OC)cc1. The first-order valence-electron chi connectivity index (χ1n) is 7.91. The second-order valence-electron chi connectivity index (χ2n) is 5.42. The summed E-state index contributed by atoms with van der Waals surface area (Å²) in [6, 6.07) is 7.05. The van der Waals surface area contributed by atoms with Crippen molar-refractivity contribution in [3.8, 4) is 17.0 Å². The summed E-state index contributed by atoms with van der Waals surface area (Å²) in [4.78, 5) is 25.7. The molecule has 0 bridgehead atoms. The molecule has 1 aromatic heterocycles. The van der Waals surface area contributed by atoms with Gasteiger partial charge in [-0.25, -0.2) is 5.48 Å². The van der Waals surface area contributed by atoms with Crippen LogP contribution in [0.2, 0.25) is 0 Å². The lowest BCUT2D eigenvalue weighted by Crippen LogP contribution is -2.40. The molecule has 25 heavy (non-hydrogen) atoms. The van der Waals surface area contributed by atoms with Crippen molar-refractivity contribution in [3.05, 3.63) is 36.1 Å². The molecule has 1 aromatic carbocycles. The molecular weight excluding hydrogens is 326 g/mol. The smallest absolute Gasteiger partial charge is 0.262 e. The minimum atomic E-state index is -0.660. The van der Waals surface area contributed by atoms with Crippen LogP contribution in [0.1, 0.15) is 30.1 Å². The number of benzene rings is 1. The van der Waals surface area contributed by atoms with Crippen LogP contribution in [0.15, 0.2) is 35.1 Å². The molecule has 2 aromatic rings. The fourth-order valence-electron chi connectivity index (χ4n) is 2.33. The number of methoxy groups -OCH3 is 1. The number of unbranched alkanes of at least 4 members (excludes halogenated alkanes) is 1.